The van der Waals surface area contributed by atoms with E-state index < -0.39 is 0 Å². The van der Waals surface area contributed by atoms with Crippen LogP contribution in [0.1, 0.15) is 0 Å². The van der Waals surface area contributed by atoms with Gasteiger partial charge in [0, 0.05) is 12.1 Å². The first-order valence-electron chi connectivity index (χ1n) is 6.01. The number of thiazole rings is 1. The van der Waals surface area contributed by atoms with Gasteiger partial charge in [0.1, 0.15) is 5.82 Å². The number of ether oxygens (including phenoxy) is 2. The second kappa shape index (κ2) is 4.35. The van der Waals surface area contributed by atoms with Gasteiger partial charge in [0.05, 0.1) is 15.9 Å². The molecular formula is C14H9FN2O2S. The number of nitrogens with one attached hydrogen (secondary N) is 1. The summed E-state index contributed by atoms with van der Waals surface area (Å²) in [5.41, 5.74) is 1.21. The van der Waals surface area contributed by atoms with Gasteiger partial charge in [0.15, 0.2) is 16.6 Å². The van der Waals surface area contributed by atoms with Crippen molar-refractivity contribution < 1.29 is 13.9 Å². The van der Waals surface area contributed by atoms with Gasteiger partial charge in [0.25, 0.3) is 0 Å². The van der Waals surface area contributed by atoms with Crippen LogP contribution in [0.5, 0.6) is 11.5 Å². The van der Waals surface area contributed by atoms with Gasteiger partial charge in [0.2, 0.25) is 6.79 Å². The van der Waals surface area contributed by atoms with E-state index in [4.69, 9.17) is 9.47 Å². The predicted octanol–water partition coefficient (Wildman–Crippen LogP) is 3.91. The lowest BCUT2D eigenvalue weighted by atomic mass is 10.3. The highest BCUT2D eigenvalue weighted by Gasteiger charge is 2.16. The van der Waals surface area contributed by atoms with Gasteiger partial charge in [-0.25, -0.2) is 9.37 Å². The zero-order valence-electron chi connectivity index (χ0n) is 10.2. The number of nitrogens with zero attached hydrogens (tertiary/aromatic N) is 1. The van der Waals surface area contributed by atoms with Gasteiger partial charge in [-0.1, -0.05) is 23.5 Å². The highest BCUT2D eigenvalue weighted by Crippen LogP contribution is 2.39. The minimum atomic E-state index is -0.305. The molecule has 0 atom stereocenters. The summed E-state index contributed by atoms with van der Waals surface area (Å²) in [6.45, 7) is 0.243. The Morgan fingerprint density at radius 2 is 1.95 bits per heavy atom. The van der Waals surface area contributed by atoms with Crippen molar-refractivity contribution >= 4 is 32.4 Å². The number of halogens is 1. The van der Waals surface area contributed by atoms with Gasteiger partial charge in [-0.2, -0.15) is 0 Å². The Hall–Kier alpha value is -2.34. The number of hydrogen-bond acceptors (Lipinski definition) is 5. The molecule has 100 valence electrons. The summed E-state index contributed by atoms with van der Waals surface area (Å²) >= 11 is 1.44. The normalized spacial score (nSPS) is 12.8. The van der Waals surface area contributed by atoms with Crippen LogP contribution < -0.4 is 14.8 Å². The quantitative estimate of drug-likeness (QED) is 0.776. The highest BCUT2D eigenvalue weighted by atomic mass is 32.1. The lowest BCUT2D eigenvalue weighted by molar-refractivity contribution is 0.174. The smallest absolute Gasteiger partial charge is 0.231 e. The second-order valence-corrected chi connectivity index (χ2v) is 5.33. The Morgan fingerprint density at radius 3 is 2.80 bits per heavy atom. The number of benzene rings is 2. The zero-order chi connectivity index (χ0) is 13.5. The Labute approximate surface area is 117 Å². The van der Waals surface area contributed by atoms with Gasteiger partial charge in [-0.15, -0.1) is 0 Å². The van der Waals surface area contributed by atoms with Crippen LogP contribution in [0, 0.1) is 5.82 Å². The molecule has 2 heterocycles. The minimum Gasteiger partial charge on any atom is -0.454 e. The molecule has 6 heteroatoms. The van der Waals surface area contributed by atoms with Crippen molar-refractivity contribution in [2.45, 2.75) is 0 Å². The predicted molar refractivity (Wildman–Crippen MR) is 75.4 cm³/mol. The Morgan fingerprint density at radius 1 is 1.15 bits per heavy atom. The van der Waals surface area contributed by atoms with Crippen molar-refractivity contribution in [3.05, 3.63) is 42.2 Å². The number of anilines is 2. The van der Waals surface area contributed by atoms with Crippen molar-refractivity contribution in [2.75, 3.05) is 12.1 Å². The number of hydrogen-bond donors (Lipinski definition) is 1. The van der Waals surface area contributed by atoms with Crippen LogP contribution in [0.4, 0.5) is 15.2 Å². The van der Waals surface area contributed by atoms with E-state index in [-0.39, 0.29) is 12.6 Å². The number of para-hydroxylation sites is 1. The van der Waals surface area contributed by atoms with Crippen molar-refractivity contribution in [1.82, 2.24) is 4.98 Å². The average molecular weight is 288 g/mol. The molecule has 0 saturated heterocycles. The SMILES string of the molecule is Fc1ccccc1Nc1nc2cc3c(cc2s1)OCO3. The summed E-state index contributed by atoms with van der Waals surface area (Å²) in [7, 11) is 0. The van der Waals surface area contributed by atoms with Crippen LogP contribution in [0.15, 0.2) is 36.4 Å². The van der Waals surface area contributed by atoms with Crippen LogP contribution in [0.2, 0.25) is 0 Å². The van der Waals surface area contributed by atoms with Crippen LogP contribution >= 0.6 is 11.3 Å². The molecule has 0 saturated carbocycles. The summed E-state index contributed by atoms with van der Waals surface area (Å²) in [5.74, 6) is 1.11. The molecule has 1 aliphatic heterocycles. The van der Waals surface area contributed by atoms with E-state index in [9.17, 15) is 4.39 Å². The van der Waals surface area contributed by atoms with Crippen molar-refractivity contribution in [2.24, 2.45) is 0 Å². The highest BCUT2D eigenvalue weighted by molar-refractivity contribution is 7.22. The fourth-order valence-electron chi connectivity index (χ4n) is 2.05. The van der Waals surface area contributed by atoms with E-state index in [0.717, 1.165) is 16.0 Å². The molecular weight excluding hydrogens is 279 g/mol. The van der Waals surface area contributed by atoms with E-state index in [1.165, 1.54) is 17.4 Å². The first-order valence-corrected chi connectivity index (χ1v) is 6.83. The third-order valence-corrected chi connectivity index (χ3v) is 3.93. The third-order valence-electron chi connectivity index (χ3n) is 3.00. The first-order chi connectivity index (χ1) is 9.79. The zero-order valence-corrected chi connectivity index (χ0v) is 11.0. The first kappa shape index (κ1) is 11.5. The molecule has 3 aromatic rings. The van der Waals surface area contributed by atoms with Crippen molar-refractivity contribution in [1.29, 1.82) is 0 Å². The summed E-state index contributed by atoms with van der Waals surface area (Å²) in [6.07, 6.45) is 0. The van der Waals surface area contributed by atoms with Crippen LogP contribution in [0.25, 0.3) is 10.2 Å². The molecule has 0 unspecified atom stereocenters. The molecule has 0 aliphatic carbocycles. The monoisotopic (exact) mass is 288 g/mol. The molecule has 0 fully saturated rings. The molecule has 1 aromatic heterocycles. The molecule has 4 nitrogen and oxygen atoms in total. The molecule has 0 radical (unpaired) electrons. The molecule has 0 amide bonds. The van der Waals surface area contributed by atoms with Gasteiger partial charge in [-0.3, -0.25) is 0 Å². The summed E-state index contributed by atoms with van der Waals surface area (Å²) in [6, 6.07) is 10.2. The number of aromatic nitrogens is 1. The molecule has 1 N–H and O–H groups in total. The van der Waals surface area contributed by atoms with E-state index in [2.05, 4.69) is 10.3 Å². The van der Waals surface area contributed by atoms with Gasteiger partial charge < -0.3 is 14.8 Å². The Bertz CT molecular complexity index is 762. The standard InChI is InChI=1S/C14H9FN2O2S/c15-8-3-1-2-4-9(8)16-14-17-10-5-11-12(19-7-18-11)6-13(10)20-14/h1-6H,7H2,(H,16,17). The number of fused-ring (bicyclic) bond motifs is 2. The molecule has 20 heavy (non-hydrogen) atoms. The molecule has 4 rings (SSSR count). The van der Waals surface area contributed by atoms with Crippen molar-refractivity contribution in [3.63, 3.8) is 0 Å². The lowest BCUT2D eigenvalue weighted by Gasteiger charge is -2.02. The minimum absolute atomic E-state index is 0.243. The Kier molecular flexibility index (Phi) is 2.50. The van der Waals surface area contributed by atoms with Crippen LogP contribution in [-0.2, 0) is 0 Å². The van der Waals surface area contributed by atoms with E-state index in [0.29, 0.717) is 16.6 Å². The van der Waals surface area contributed by atoms with Crippen molar-refractivity contribution in [3.8, 4) is 11.5 Å². The topological polar surface area (TPSA) is 43.4 Å². The fourth-order valence-corrected chi connectivity index (χ4v) is 2.94. The lowest BCUT2D eigenvalue weighted by Crippen LogP contribution is -1.93. The van der Waals surface area contributed by atoms with E-state index in [1.54, 1.807) is 18.2 Å². The third kappa shape index (κ3) is 1.85. The summed E-state index contributed by atoms with van der Waals surface area (Å²) in [5, 5.41) is 3.62. The summed E-state index contributed by atoms with van der Waals surface area (Å²) < 4.78 is 25.2. The maximum absolute atomic E-state index is 13.6. The fraction of sp³-hybridized carbons (Fsp3) is 0.0714. The van der Waals surface area contributed by atoms with E-state index in [1.807, 2.05) is 12.1 Å². The maximum Gasteiger partial charge on any atom is 0.231 e. The molecule has 0 spiro atoms. The maximum atomic E-state index is 13.6. The van der Waals surface area contributed by atoms with Gasteiger partial charge >= 0.3 is 0 Å². The van der Waals surface area contributed by atoms with E-state index >= 15 is 0 Å². The van der Waals surface area contributed by atoms with Crippen LogP contribution in [-0.4, -0.2) is 11.8 Å². The molecule has 1 aliphatic rings. The molecule has 2 aromatic carbocycles. The number of rotatable bonds is 2. The molecule has 0 bridgehead atoms. The largest absolute Gasteiger partial charge is 0.454 e. The summed E-state index contributed by atoms with van der Waals surface area (Å²) in [4.78, 5) is 4.43. The van der Waals surface area contributed by atoms with Gasteiger partial charge in [-0.05, 0) is 12.1 Å². The second-order valence-electron chi connectivity index (χ2n) is 4.30. The average Bonchev–Trinajstić information content (AvgIpc) is 3.03. The Balaban J connectivity index is 1.73. The van der Waals surface area contributed by atoms with Crippen LogP contribution in [0.3, 0.4) is 0 Å².